The first-order valence-corrected chi connectivity index (χ1v) is 6.61. The summed E-state index contributed by atoms with van der Waals surface area (Å²) in [7, 11) is 1.81. The van der Waals surface area contributed by atoms with E-state index >= 15 is 0 Å². The van der Waals surface area contributed by atoms with Crippen LogP contribution in [0.25, 0.3) is 0 Å². The van der Waals surface area contributed by atoms with E-state index in [0.717, 1.165) is 31.0 Å². The van der Waals surface area contributed by atoms with Gasteiger partial charge in [0.1, 0.15) is 0 Å². The van der Waals surface area contributed by atoms with Gasteiger partial charge in [-0.3, -0.25) is 4.79 Å². The lowest BCUT2D eigenvalue weighted by atomic mass is 9.88. The predicted octanol–water partition coefficient (Wildman–Crippen LogP) is 2.11. The van der Waals surface area contributed by atoms with Gasteiger partial charge in [0.2, 0.25) is 5.91 Å². The summed E-state index contributed by atoms with van der Waals surface area (Å²) in [5.74, 6) is 0.0810. The molecule has 0 bridgehead atoms. The second-order valence-corrected chi connectivity index (χ2v) is 5.73. The van der Waals surface area contributed by atoms with Crippen LogP contribution in [0.3, 0.4) is 0 Å². The minimum absolute atomic E-state index is 0.0810. The monoisotopic (exact) mass is 262 g/mol. The molecule has 0 aliphatic carbocycles. The molecule has 0 saturated carbocycles. The molecule has 0 atom stereocenters. The van der Waals surface area contributed by atoms with E-state index in [1.165, 1.54) is 0 Å². The van der Waals surface area contributed by atoms with Gasteiger partial charge in [-0.1, -0.05) is 19.1 Å². The second-order valence-electron chi connectivity index (χ2n) is 5.73. The molecular formula is C15H22N2O2. The number of nitrogens with one attached hydrogen (secondary N) is 1. The third kappa shape index (κ3) is 3.70. The van der Waals surface area contributed by atoms with Gasteiger partial charge in [-0.05, 0) is 17.7 Å². The largest absolute Gasteiger partial charge is 0.384 e. The smallest absolute Gasteiger partial charge is 0.219 e. The molecule has 2 rings (SSSR count). The van der Waals surface area contributed by atoms with E-state index in [-0.39, 0.29) is 11.3 Å². The van der Waals surface area contributed by atoms with Crippen LogP contribution in [-0.2, 0) is 16.1 Å². The molecule has 1 fully saturated rings. The van der Waals surface area contributed by atoms with Gasteiger partial charge >= 0.3 is 0 Å². The van der Waals surface area contributed by atoms with Crippen molar-refractivity contribution >= 4 is 11.6 Å². The maximum absolute atomic E-state index is 11.2. The van der Waals surface area contributed by atoms with Crippen molar-refractivity contribution in [2.24, 2.45) is 5.41 Å². The molecule has 0 aromatic heterocycles. The summed E-state index contributed by atoms with van der Waals surface area (Å²) in [5.41, 5.74) is 2.49. The van der Waals surface area contributed by atoms with Crippen LogP contribution in [0, 0.1) is 5.41 Å². The van der Waals surface area contributed by atoms with Crippen molar-refractivity contribution in [3.05, 3.63) is 29.8 Å². The van der Waals surface area contributed by atoms with Gasteiger partial charge in [-0.2, -0.15) is 0 Å². The lowest BCUT2D eigenvalue weighted by Gasteiger charge is -2.38. The average molecular weight is 262 g/mol. The number of nitrogens with zero attached hydrogens (tertiary/aromatic N) is 1. The van der Waals surface area contributed by atoms with Gasteiger partial charge in [-0.15, -0.1) is 0 Å². The Balaban J connectivity index is 1.93. The summed E-state index contributed by atoms with van der Waals surface area (Å²) in [6.07, 6.45) is 0. The van der Waals surface area contributed by atoms with E-state index in [1.54, 1.807) is 11.8 Å². The zero-order valence-electron chi connectivity index (χ0n) is 11.9. The number of ether oxygens (including phenoxy) is 1. The lowest BCUT2D eigenvalue weighted by molar-refractivity contribution is -0.128. The minimum Gasteiger partial charge on any atom is -0.384 e. The van der Waals surface area contributed by atoms with Crippen molar-refractivity contribution in [2.45, 2.75) is 20.4 Å². The number of benzene rings is 1. The standard InChI is InChI=1S/C15H22N2O2/c1-12(18)17(3)8-13-5-4-6-14(7-13)16-9-15(2)10-19-11-15/h4-7,16H,8-11H2,1-3H3. The van der Waals surface area contributed by atoms with E-state index in [2.05, 4.69) is 24.4 Å². The minimum atomic E-state index is 0.0810. The number of amides is 1. The highest BCUT2D eigenvalue weighted by molar-refractivity contribution is 5.72. The van der Waals surface area contributed by atoms with E-state index in [1.807, 2.05) is 19.2 Å². The molecule has 1 aliphatic heterocycles. The number of hydrogen-bond acceptors (Lipinski definition) is 3. The Morgan fingerprint density at radius 2 is 2.21 bits per heavy atom. The molecule has 19 heavy (non-hydrogen) atoms. The maximum atomic E-state index is 11.2. The van der Waals surface area contributed by atoms with Crippen LogP contribution in [0.15, 0.2) is 24.3 Å². The second kappa shape index (κ2) is 5.61. The molecule has 0 radical (unpaired) electrons. The summed E-state index contributed by atoms with van der Waals surface area (Å²) in [6, 6.07) is 8.21. The van der Waals surface area contributed by atoms with E-state index in [4.69, 9.17) is 4.74 Å². The molecule has 0 unspecified atom stereocenters. The number of carbonyl (C=O) groups excluding carboxylic acids is 1. The highest BCUT2D eigenvalue weighted by atomic mass is 16.5. The molecule has 0 spiro atoms. The summed E-state index contributed by atoms with van der Waals surface area (Å²) in [4.78, 5) is 12.9. The first-order chi connectivity index (χ1) is 8.98. The Morgan fingerprint density at radius 1 is 1.47 bits per heavy atom. The summed E-state index contributed by atoms with van der Waals surface area (Å²) in [6.45, 7) is 7.01. The molecule has 1 aromatic carbocycles. The zero-order chi connectivity index (χ0) is 13.9. The third-order valence-corrected chi connectivity index (χ3v) is 3.50. The molecule has 1 amide bonds. The van der Waals surface area contributed by atoms with Crippen LogP contribution in [0.2, 0.25) is 0 Å². The summed E-state index contributed by atoms with van der Waals surface area (Å²) >= 11 is 0. The fourth-order valence-corrected chi connectivity index (χ4v) is 2.03. The Kier molecular flexibility index (Phi) is 4.10. The van der Waals surface area contributed by atoms with Crippen molar-refractivity contribution in [1.29, 1.82) is 0 Å². The first kappa shape index (κ1) is 13.9. The molecule has 1 saturated heterocycles. The Morgan fingerprint density at radius 3 is 2.79 bits per heavy atom. The molecular weight excluding hydrogens is 240 g/mol. The highest BCUT2D eigenvalue weighted by Crippen LogP contribution is 2.26. The van der Waals surface area contributed by atoms with Crippen LogP contribution in [-0.4, -0.2) is 37.6 Å². The zero-order valence-corrected chi connectivity index (χ0v) is 11.9. The van der Waals surface area contributed by atoms with Crippen LogP contribution < -0.4 is 5.32 Å². The average Bonchev–Trinajstić information content (AvgIpc) is 2.34. The van der Waals surface area contributed by atoms with Gasteiger partial charge in [0.25, 0.3) is 0 Å². The fraction of sp³-hybridized carbons (Fsp3) is 0.533. The lowest BCUT2D eigenvalue weighted by Crippen LogP contribution is -2.45. The quantitative estimate of drug-likeness (QED) is 0.883. The Hall–Kier alpha value is -1.55. The first-order valence-electron chi connectivity index (χ1n) is 6.61. The molecule has 1 aliphatic rings. The number of hydrogen-bond donors (Lipinski definition) is 1. The molecule has 4 heteroatoms. The predicted molar refractivity (Wildman–Crippen MR) is 76.0 cm³/mol. The number of anilines is 1. The van der Waals surface area contributed by atoms with Gasteiger partial charge in [0.15, 0.2) is 0 Å². The molecule has 1 heterocycles. The van der Waals surface area contributed by atoms with Crippen molar-refractivity contribution in [3.63, 3.8) is 0 Å². The summed E-state index contributed by atoms with van der Waals surface area (Å²) < 4.78 is 5.24. The topological polar surface area (TPSA) is 41.6 Å². The van der Waals surface area contributed by atoms with Crippen molar-refractivity contribution < 1.29 is 9.53 Å². The molecule has 1 aromatic rings. The SMILES string of the molecule is CC(=O)N(C)Cc1cccc(NCC2(C)COC2)c1. The van der Waals surface area contributed by atoms with Crippen LogP contribution in [0.4, 0.5) is 5.69 Å². The third-order valence-electron chi connectivity index (χ3n) is 3.50. The number of rotatable bonds is 5. The Bertz CT molecular complexity index is 455. The molecule has 4 nitrogen and oxygen atoms in total. The van der Waals surface area contributed by atoms with Crippen molar-refractivity contribution in [2.75, 3.05) is 32.1 Å². The van der Waals surface area contributed by atoms with E-state index < -0.39 is 0 Å². The maximum Gasteiger partial charge on any atom is 0.219 e. The van der Waals surface area contributed by atoms with Gasteiger partial charge in [0.05, 0.1) is 13.2 Å². The van der Waals surface area contributed by atoms with Crippen LogP contribution in [0.5, 0.6) is 0 Å². The highest BCUT2D eigenvalue weighted by Gasteiger charge is 2.32. The van der Waals surface area contributed by atoms with E-state index in [0.29, 0.717) is 6.54 Å². The van der Waals surface area contributed by atoms with Gasteiger partial charge in [0, 0.05) is 38.2 Å². The normalized spacial score (nSPS) is 16.6. The van der Waals surface area contributed by atoms with Gasteiger partial charge in [-0.25, -0.2) is 0 Å². The van der Waals surface area contributed by atoms with Crippen molar-refractivity contribution in [1.82, 2.24) is 4.90 Å². The van der Waals surface area contributed by atoms with Gasteiger partial charge < -0.3 is 15.0 Å². The summed E-state index contributed by atoms with van der Waals surface area (Å²) in [5, 5.41) is 3.45. The molecule has 104 valence electrons. The fourth-order valence-electron chi connectivity index (χ4n) is 2.03. The van der Waals surface area contributed by atoms with E-state index in [9.17, 15) is 4.79 Å². The van der Waals surface area contributed by atoms with Crippen LogP contribution >= 0.6 is 0 Å². The van der Waals surface area contributed by atoms with Crippen LogP contribution in [0.1, 0.15) is 19.4 Å². The number of carbonyl (C=O) groups is 1. The van der Waals surface area contributed by atoms with Crippen molar-refractivity contribution in [3.8, 4) is 0 Å². The molecule has 1 N–H and O–H groups in total. The Labute approximate surface area is 114 Å².